The summed E-state index contributed by atoms with van der Waals surface area (Å²) < 4.78 is 0. The van der Waals surface area contributed by atoms with Crippen LogP contribution >= 0.6 is 11.6 Å². The fourth-order valence-electron chi connectivity index (χ4n) is 1.63. The Balaban J connectivity index is 1.80. The number of likely N-dealkylation sites (N-methyl/N-ethyl adjacent to an activating group) is 1. The van der Waals surface area contributed by atoms with E-state index in [0.717, 1.165) is 19.1 Å². The van der Waals surface area contributed by atoms with Crippen LogP contribution in [0.5, 0.6) is 0 Å². The summed E-state index contributed by atoms with van der Waals surface area (Å²) in [6, 6.07) is 2.50. The zero-order valence-electron chi connectivity index (χ0n) is 9.41. The maximum absolute atomic E-state index is 6.00. The lowest BCUT2D eigenvalue weighted by atomic mass is 10.4. The van der Waals surface area contributed by atoms with Gasteiger partial charge in [-0.2, -0.15) is 0 Å². The second kappa shape index (κ2) is 4.89. The molecular formula is C11H17ClN4. The highest BCUT2D eigenvalue weighted by molar-refractivity contribution is 6.33. The van der Waals surface area contributed by atoms with Crippen LogP contribution < -0.4 is 11.1 Å². The van der Waals surface area contributed by atoms with Gasteiger partial charge in [0.2, 0.25) is 0 Å². The molecule has 0 spiro atoms. The van der Waals surface area contributed by atoms with Gasteiger partial charge in [-0.25, -0.2) is 4.98 Å². The SMILES string of the molecule is CN(CCNc1ncc(N)cc1Cl)C1CC1. The van der Waals surface area contributed by atoms with Gasteiger partial charge in [-0.05, 0) is 26.0 Å². The predicted octanol–water partition coefficient (Wildman–Crippen LogP) is 1.82. The molecule has 16 heavy (non-hydrogen) atoms. The highest BCUT2D eigenvalue weighted by atomic mass is 35.5. The van der Waals surface area contributed by atoms with E-state index in [1.807, 2.05) is 0 Å². The van der Waals surface area contributed by atoms with E-state index >= 15 is 0 Å². The Bertz CT molecular complexity index is 365. The van der Waals surface area contributed by atoms with Crippen LogP contribution in [0.1, 0.15) is 12.8 Å². The van der Waals surface area contributed by atoms with Gasteiger partial charge in [0.05, 0.1) is 16.9 Å². The molecule has 0 radical (unpaired) electrons. The van der Waals surface area contributed by atoms with Crippen LogP contribution in [-0.4, -0.2) is 36.1 Å². The summed E-state index contributed by atoms with van der Waals surface area (Å²) in [4.78, 5) is 6.51. The molecule has 1 saturated carbocycles. The van der Waals surface area contributed by atoms with Gasteiger partial charge in [-0.3, -0.25) is 0 Å². The molecule has 3 N–H and O–H groups in total. The molecule has 1 aliphatic carbocycles. The third-order valence-electron chi connectivity index (χ3n) is 2.79. The number of aromatic nitrogens is 1. The third kappa shape index (κ3) is 3.00. The van der Waals surface area contributed by atoms with Crippen molar-refractivity contribution >= 4 is 23.1 Å². The zero-order chi connectivity index (χ0) is 11.5. The minimum absolute atomic E-state index is 0.578. The van der Waals surface area contributed by atoms with E-state index < -0.39 is 0 Å². The molecule has 88 valence electrons. The number of rotatable bonds is 5. The summed E-state index contributed by atoms with van der Waals surface area (Å²) in [5.74, 6) is 0.708. The molecule has 1 fully saturated rings. The van der Waals surface area contributed by atoms with Crippen molar-refractivity contribution in [3.8, 4) is 0 Å². The van der Waals surface area contributed by atoms with Crippen molar-refractivity contribution in [2.24, 2.45) is 0 Å². The van der Waals surface area contributed by atoms with E-state index in [1.165, 1.54) is 12.8 Å². The highest BCUT2D eigenvalue weighted by Crippen LogP contribution is 2.25. The van der Waals surface area contributed by atoms with Crippen LogP contribution in [0, 0.1) is 0 Å². The van der Waals surface area contributed by atoms with E-state index in [-0.39, 0.29) is 0 Å². The van der Waals surface area contributed by atoms with Crippen molar-refractivity contribution in [2.75, 3.05) is 31.2 Å². The van der Waals surface area contributed by atoms with Crippen LogP contribution in [0.15, 0.2) is 12.3 Å². The first-order valence-electron chi connectivity index (χ1n) is 5.52. The number of anilines is 2. The van der Waals surface area contributed by atoms with Crippen LogP contribution in [-0.2, 0) is 0 Å². The number of pyridine rings is 1. The molecule has 4 nitrogen and oxygen atoms in total. The molecule has 0 bridgehead atoms. The van der Waals surface area contributed by atoms with E-state index in [0.29, 0.717) is 16.5 Å². The number of nitrogens with zero attached hydrogens (tertiary/aromatic N) is 2. The Kier molecular flexibility index (Phi) is 3.51. The summed E-state index contributed by atoms with van der Waals surface area (Å²) in [5, 5.41) is 3.79. The molecule has 0 unspecified atom stereocenters. The second-order valence-corrected chi connectivity index (χ2v) is 4.64. The first-order chi connectivity index (χ1) is 7.66. The van der Waals surface area contributed by atoms with Gasteiger partial charge in [0.25, 0.3) is 0 Å². The maximum atomic E-state index is 6.00. The fourth-order valence-corrected chi connectivity index (χ4v) is 1.87. The van der Waals surface area contributed by atoms with Crippen molar-refractivity contribution in [3.05, 3.63) is 17.3 Å². The molecule has 1 heterocycles. The average molecular weight is 241 g/mol. The van der Waals surface area contributed by atoms with Gasteiger partial charge < -0.3 is 16.0 Å². The summed E-state index contributed by atoms with van der Waals surface area (Å²) in [6.07, 6.45) is 4.27. The monoisotopic (exact) mass is 240 g/mol. The summed E-state index contributed by atoms with van der Waals surface area (Å²) in [6.45, 7) is 1.86. The minimum atomic E-state index is 0.578. The third-order valence-corrected chi connectivity index (χ3v) is 3.08. The molecule has 2 rings (SSSR count). The lowest BCUT2D eigenvalue weighted by Crippen LogP contribution is -2.27. The topological polar surface area (TPSA) is 54.2 Å². The van der Waals surface area contributed by atoms with Gasteiger partial charge in [0.1, 0.15) is 5.82 Å². The Morgan fingerprint density at radius 1 is 1.62 bits per heavy atom. The Hall–Kier alpha value is -1.00. The van der Waals surface area contributed by atoms with Crippen LogP contribution in [0.4, 0.5) is 11.5 Å². The van der Waals surface area contributed by atoms with E-state index in [2.05, 4.69) is 22.2 Å². The van der Waals surface area contributed by atoms with E-state index in [9.17, 15) is 0 Å². The predicted molar refractivity (Wildman–Crippen MR) is 67.8 cm³/mol. The van der Waals surface area contributed by atoms with Gasteiger partial charge in [0.15, 0.2) is 0 Å². The normalized spacial score (nSPS) is 15.4. The molecule has 0 aromatic carbocycles. The maximum Gasteiger partial charge on any atom is 0.144 e. The minimum Gasteiger partial charge on any atom is -0.397 e. The molecule has 5 heteroatoms. The van der Waals surface area contributed by atoms with Crippen molar-refractivity contribution in [2.45, 2.75) is 18.9 Å². The smallest absolute Gasteiger partial charge is 0.144 e. The Morgan fingerprint density at radius 2 is 2.38 bits per heavy atom. The first-order valence-corrected chi connectivity index (χ1v) is 5.90. The van der Waals surface area contributed by atoms with Crippen molar-refractivity contribution in [3.63, 3.8) is 0 Å². The number of nitrogens with two attached hydrogens (primary N) is 1. The summed E-state index contributed by atoms with van der Waals surface area (Å²) in [5.41, 5.74) is 6.16. The first kappa shape index (κ1) is 11.5. The largest absolute Gasteiger partial charge is 0.397 e. The molecule has 1 aromatic rings. The number of nitrogens with one attached hydrogen (secondary N) is 1. The van der Waals surface area contributed by atoms with Gasteiger partial charge in [-0.1, -0.05) is 11.6 Å². The van der Waals surface area contributed by atoms with Crippen LogP contribution in [0.2, 0.25) is 5.02 Å². The van der Waals surface area contributed by atoms with Gasteiger partial charge in [0, 0.05) is 19.1 Å². The number of hydrogen-bond acceptors (Lipinski definition) is 4. The second-order valence-electron chi connectivity index (χ2n) is 4.24. The number of halogens is 1. The highest BCUT2D eigenvalue weighted by Gasteiger charge is 2.25. The molecule has 0 aliphatic heterocycles. The number of nitrogen functional groups attached to an aromatic ring is 1. The lowest BCUT2D eigenvalue weighted by molar-refractivity contribution is 0.337. The Morgan fingerprint density at radius 3 is 3.00 bits per heavy atom. The molecule has 1 aliphatic rings. The average Bonchev–Trinajstić information content (AvgIpc) is 3.04. The van der Waals surface area contributed by atoms with Crippen molar-refractivity contribution in [1.29, 1.82) is 0 Å². The quantitative estimate of drug-likeness (QED) is 0.825. The lowest BCUT2D eigenvalue weighted by Gasteiger charge is -2.16. The van der Waals surface area contributed by atoms with Gasteiger partial charge >= 0.3 is 0 Å². The number of hydrogen-bond donors (Lipinski definition) is 2. The zero-order valence-corrected chi connectivity index (χ0v) is 10.2. The molecule has 1 aromatic heterocycles. The van der Waals surface area contributed by atoms with Crippen molar-refractivity contribution in [1.82, 2.24) is 9.88 Å². The summed E-state index contributed by atoms with van der Waals surface area (Å²) in [7, 11) is 2.15. The Labute approximate surface area is 101 Å². The molecule has 0 saturated heterocycles. The molecular weight excluding hydrogens is 224 g/mol. The van der Waals surface area contributed by atoms with Crippen LogP contribution in [0.25, 0.3) is 0 Å². The molecule has 0 atom stereocenters. The fraction of sp³-hybridized carbons (Fsp3) is 0.545. The van der Waals surface area contributed by atoms with E-state index in [4.69, 9.17) is 17.3 Å². The standard InChI is InChI=1S/C11H17ClN4/c1-16(9-2-3-9)5-4-14-11-10(12)6-8(13)7-15-11/h6-7,9H,2-5,13H2,1H3,(H,14,15). The van der Waals surface area contributed by atoms with Crippen LogP contribution in [0.3, 0.4) is 0 Å². The summed E-state index contributed by atoms with van der Waals surface area (Å²) >= 11 is 6.00. The van der Waals surface area contributed by atoms with E-state index in [1.54, 1.807) is 12.3 Å². The van der Waals surface area contributed by atoms with Gasteiger partial charge in [-0.15, -0.1) is 0 Å². The molecule has 0 amide bonds. The van der Waals surface area contributed by atoms with Crippen molar-refractivity contribution < 1.29 is 0 Å².